The van der Waals surface area contributed by atoms with Crippen molar-refractivity contribution in [3.8, 4) is 0 Å². The zero-order valence-electron chi connectivity index (χ0n) is 7.82. The van der Waals surface area contributed by atoms with E-state index in [-0.39, 0.29) is 12.7 Å². The Bertz CT molecular complexity index is 149. The number of likely N-dealkylation sites (tertiary alicyclic amines) is 1. The summed E-state index contributed by atoms with van der Waals surface area (Å²) in [5.41, 5.74) is 0. The van der Waals surface area contributed by atoms with E-state index in [1.165, 1.54) is 12.8 Å². The van der Waals surface area contributed by atoms with Gasteiger partial charge in [0.05, 0.1) is 0 Å². The fraction of sp³-hybridized carbons (Fsp3) is 1.00. The van der Waals surface area contributed by atoms with Gasteiger partial charge in [0.15, 0.2) is 6.29 Å². The molecule has 0 bridgehead atoms. The van der Waals surface area contributed by atoms with Crippen LogP contribution in [0.25, 0.3) is 0 Å². The Morgan fingerprint density at radius 2 is 1.67 bits per heavy atom. The lowest BCUT2D eigenvalue weighted by molar-refractivity contribution is -0.424. The van der Waals surface area contributed by atoms with E-state index in [1.54, 1.807) is 0 Å². The monoisotopic (exact) mass is 171 g/mol. The molecule has 2 saturated heterocycles. The lowest BCUT2D eigenvalue weighted by atomic mass is 10.00. The van der Waals surface area contributed by atoms with Gasteiger partial charge in [-0.3, -0.25) is 4.90 Å². The van der Waals surface area contributed by atoms with Crippen LogP contribution in [0.4, 0.5) is 0 Å². The molecule has 3 nitrogen and oxygen atoms in total. The maximum absolute atomic E-state index is 5.42. The molecule has 0 spiro atoms. The van der Waals surface area contributed by atoms with Crippen molar-refractivity contribution in [3.05, 3.63) is 0 Å². The van der Waals surface area contributed by atoms with Crippen LogP contribution in [0.5, 0.6) is 0 Å². The van der Waals surface area contributed by atoms with E-state index in [1.807, 2.05) is 6.92 Å². The highest BCUT2D eigenvalue weighted by Crippen LogP contribution is 2.25. The molecule has 70 valence electrons. The van der Waals surface area contributed by atoms with Crippen LogP contribution < -0.4 is 0 Å². The molecule has 3 heteroatoms. The molecule has 0 atom stereocenters. The molecule has 0 aromatic carbocycles. The van der Waals surface area contributed by atoms with Crippen molar-refractivity contribution in [1.82, 2.24) is 4.90 Å². The maximum Gasteiger partial charge on any atom is 0.223 e. The number of ether oxygens (including phenoxy) is 2. The van der Waals surface area contributed by atoms with Gasteiger partial charge in [0.25, 0.3) is 0 Å². The second-order valence-corrected chi connectivity index (χ2v) is 3.87. The lowest BCUT2D eigenvalue weighted by Crippen LogP contribution is -2.53. The molecule has 0 N–H and O–H groups in total. The molecule has 0 aromatic rings. The third kappa shape index (κ3) is 1.63. The first-order valence-electron chi connectivity index (χ1n) is 4.80. The summed E-state index contributed by atoms with van der Waals surface area (Å²) in [7, 11) is 0. The molecule has 0 saturated carbocycles. The van der Waals surface area contributed by atoms with Gasteiger partial charge in [-0.05, 0) is 25.7 Å². The van der Waals surface area contributed by atoms with Crippen LogP contribution in [0.15, 0.2) is 0 Å². The molecule has 0 unspecified atom stereocenters. The minimum absolute atomic E-state index is 0.00866. The second kappa shape index (κ2) is 3.32. The Morgan fingerprint density at radius 1 is 1.08 bits per heavy atom. The number of rotatable bonds is 1. The van der Waals surface area contributed by atoms with Crippen molar-refractivity contribution in [3.63, 3.8) is 0 Å². The van der Waals surface area contributed by atoms with Crippen LogP contribution in [0.3, 0.4) is 0 Å². The van der Waals surface area contributed by atoms with Crippen LogP contribution in [0, 0.1) is 5.92 Å². The third-order valence-electron chi connectivity index (χ3n) is 2.73. The smallest absolute Gasteiger partial charge is 0.223 e. The fourth-order valence-electron chi connectivity index (χ4n) is 1.75. The number of nitrogens with zero attached hydrogens (tertiary/aromatic N) is 1. The van der Waals surface area contributed by atoms with Gasteiger partial charge in [0.2, 0.25) is 6.41 Å². The third-order valence-corrected chi connectivity index (χ3v) is 2.73. The van der Waals surface area contributed by atoms with Gasteiger partial charge >= 0.3 is 0 Å². The lowest BCUT2D eigenvalue weighted by Gasteiger charge is -2.43. The molecule has 2 aliphatic rings. The van der Waals surface area contributed by atoms with Gasteiger partial charge in [-0.2, -0.15) is 0 Å². The summed E-state index contributed by atoms with van der Waals surface area (Å²) in [4.78, 5) is 2.28. The Morgan fingerprint density at radius 3 is 2.17 bits per heavy atom. The van der Waals surface area contributed by atoms with E-state index >= 15 is 0 Å². The van der Waals surface area contributed by atoms with Gasteiger partial charge < -0.3 is 9.47 Å². The first-order valence-corrected chi connectivity index (χ1v) is 4.80. The Labute approximate surface area is 73.6 Å². The molecule has 12 heavy (non-hydrogen) atoms. The number of hydrogen-bond acceptors (Lipinski definition) is 3. The SMILES string of the molecule is CC1CCN(C2OC(C)O2)CC1. The first-order chi connectivity index (χ1) is 5.75. The minimum atomic E-state index is -0.0347. The predicted molar refractivity (Wildman–Crippen MR) is 45.4 cm³/mol. The normalized spacial score (nSPS) is 39.5. The summed E-state index contributed by atoms with van der Waals surface area (Å²) < 4.78 is 10.8. The second-order valence-electron chi connectivity index (χ2n) is 3.87. The van der Waals surface area contributed by atoms with E-state index in [9.17, 15) is 0 Å². The van der Waals surface area contributed by atoms with Crippen LogP contribution >= 0.6 is 0 Å². The van der Waals surface area contributed by atoms with Crippen molar-refractivity contribution in [2.75, 3.05) is 13.1 Å². The zero-order chi connectivity index (χ0) is 8.55. The van der Waals surface area contributed by atoms with Gasteiger partial charge in [-0.25, -0.2) is 0 Å². The summed E-state index contributed by atoms with van der Waals surface area (Å²) in [6.07, 6.45) is 2.52. The van der Waals surface area contributed by atoms with Crippen LogP contribution in [0.1, 0.15) is 26.7 Å². The maximum atomic E-state index is 5.42. The topological polar surface area (TPSA) is 21.7 Å². The van der Waals surface area contributed by atoms with Gasteiger partial charge in [0, 0.05) is 13.1 Å². The molecule has 0 aromatic heterocycles. The quantitative estimate of drug-likeness (QED) is 0.595. The molecule has 2 heterocycles. The zero-order valence-corrected chi connectivity index (χ0v) is 7.82. The molecular formula is C9H17NO2. The molecule has 0 aliphatic carbocycles. The van der Waals surface area contributed by atoms with E-state index in [2.05, 4.69) is 11.8 Å². The summed E-state index contributed by atoms with van der Waals surface area (Å²) in [6.45, 7) is 6.49. The number of piperidine rings is 1. The first kappa shape index (κ1) is 8.48. The van der Waals surface area contributed by atoms with Crippen molar-refractivity contribution in [2.24, 2.45) is 5.92 Å². The molecule has 0 radical (unpaired) electrons. The summed E-state index contributed by atoms with van der Waals surface area (Å²) in [6, 6.07) is 0. The van der Waals surface area contributed by atoms with Crippen molar-refractivity contribution in [1.29, 1.82) is 0 Å². The Kier molecular flexibility index (Phi) is 2.35. The highest BCUT2D eigenvalue weighted by molar-refractivity contribution is 4.71. The minimum Gasteiger partial charge on any atom is -0.310 e. The van der Waals surface area contributed by atoms with E-state index in [0.717, 1.165) is 19.0 Å². The van der Waals surface area contributed by atoms with E-state index in [4.69, 9.17) is 9.47 Å². The van der Waals surface area contributed by atoms with Crippen LogP contribution in [-0.4, -0.2) is 30.7 Å². The Hall–Kier alpha value is -0.120. The summed E-state index contributed by atoms with van der Waals surface area (Å²) in [5, 5.41) is 0. The molecule has 2 fully saturated rings. The predicted octanol–water partition coefficient (Wildman–Crippen LogP) is 1.39. The van der Waals surface area contributed by atoms with Crippen molar-refractivity contribution >= 4 is 0 Å². The molecule has 0 amide bonds. The average Bonchev–Trinajstić information content (AvgIpc) is 2.01. The fourth-order valence-corrected chi connectivity index (χ4v) is 1.75. The van der Waals surface area contributed by atoms with Crippen LogP contribution in [0.2, 0.25) is 0 Å². The summed E-state index contributed by atoms with van der Waals surface area (Å²) >= 11 is 0. The van der Waals surface area contributed by atoms with E-state index < -0.39 is 0 Å². The molecule has 2 aliphatic heterocycles. The highest BCUT2D eigenvalue weighted by atomic mass is 16.9. The molecular weight excluding hydrogens is 154 g/mol. The van der Waals surface area contributed by atoms with Crippen LogP contribution in [-0.2, 0) is 9.47 Å². The Balaban J connectivity index is 1.75. The van der Waals surface area contributed by atoms with Gasteiger partial charge in [-0.1, -0.05) is 6.92 Å². The highest BCUT2D eigenvalue weighted by Gasteiger charge is 2.33. The number of hydrogen-bond donors (Lipinski definition) is 0. The average molecular weight is 171 g/mol. The van der Waals surface area contributed by atoms with E-state index in [0.29, 0.717) is 0 Å². The standard InChI is InChI=1S/C9H17NO2/c1-7-3-5-10(6-4-7)9-11-8(2)12-9/h7-9H,3-6H2,1-2H3. The van der Waals surface area contributed by atoms with Crippen molar-refractivity contribution in [2.45, 2.75) is 39.4 Å². The van der Waals surface area contributed by atoms with Gasteiger partial charge in [0.1, 0.15) is 0 Å². The largest absolute Gasteiger partial charge is 0.310 e. The van der Waals surface area contributed by atoms with Gasteiger partial charge in [-0.15, -0.1) is 0 Å². The molecule has 2 rings (SSSR count). The van der Waals surface area contributed by atoms with Crippen molar-refractivity contribution < 1.29 is 9.47 Å². The summed E-state index contributed by atoms with van der Waals surface area (Å²) in [5.74, 6) is 0.874.